The van der Waals surface area contributed by atoms with Gasteiger partial charge in [-0.05, 0) is 20.8 Å². The number of hydrogen-bond donors (Lipinski definition) is 6. The molecule has 0 aliphatic rings. The minimum Gasteiger partial charge on any atom is -0.478 e. The number of carbonyl (C=O) groups is 3. The molecule has 0 spiro atoms. The molecule has 0 aliphatic heterocycles. The highest BCUT2D eigenvalue weighted by molar-refractivity contribution is 5.79. The molecule has 0 atom stereocenters. The molecular weight excluding hydrogens is 444 g/mol. The van der Waals surface area contributed by atoms with Gasteiger partial charge in [-0.3, -0.25) is 0 Å². The molecule has 0 heterocycles. The first-order chi connectivity index (χ1) is 15.4. The van der Waals surface area contributed by atoms with Gasteiger partial charge in [-0.1, -0.05) is 19.7 Å². The summed E-state index contributed by atoms with van der Waals surface area (Å²) in [6.07, 6.45) is 2.55. The minimum absolute atomic E-state index is 0.0546. The number of rotatable bonds is 14. The predicted octanol–water partition coefficient (Wildman–Crippen LogP) is 0.874. The van der Waals surface area contributed by atoms with E-state index in [1.54, 1.807) is 20.8 Å². The Kier molecular flexibility index (Phi) is 27.5. The number of carboxylic acid groups (broad SMARTS) is 3. The van der Waals surface area contributed by atoms with Gasteiger partial charge in [-0.25, -0.2) is 14.4 Å². The number of aliphatic carboxylic acids is 3. The maximum Gasteiger partial charge on any atom is 0.327 e. The van der Waals surface area contributed by atoms with Crippen LogP contribution in [0.1, 0.15) is 27.2 Å². The Bertz CT molecular complexity index is 487. The molecular formula is C21H38O12. The van der Waals surface area contributed by atoms with Crippen molar-refractivity contribution in [2.75, 3.05) is 39.6 Å². The third kappa shape index (κ3) is 23.9. The Morgan fingerprint density at radius 2 is 0.879 bits per heavy atom. The van der Waals surface area contributed by atoms with E-state index in [1.807, 2.05) is 0 Å². The molecule has 33 heavy (non-hydrogen) atoms. The molecule has 0 amide bonds. The van der Waals surface area contributed by atoms with Crippen LogP contribution in [-0.4, -0.2) is 94.2 Å². The van der Waals surface area contributed by atoms with Crippen LogP contribution >= 0.6 is 0 Å². The van der Waals surface area contributed by atoms with E-state index in [0.717, 1.165) is 18.2 Å². The summed E-state index contributed by atoms with van der Waals surface area (Å²) in [6, 6.07) is 0. The van der Waals surface area contributed by atoms with Gasteiger partial charge >= 0.3 is 17.9 Å². The van der Waals surface area contributed by atoms with Crippen LogP contribution in [0, 0.1) is 5.41 Å². The zero-order valence-electron chi connectivity index (χ0n) is 19.4. The summed E-state index contributed by atoms with van der Waals surface area (Å²) in [6.45, 7) is 14.2. The first kappa shape index (κ1) is 37.7. The van der Waals surface area contributed by atoms with Crippen LogP contribution in [0.4, 0.5) is 0 Å². The minimum atomic E-state index is -1.34. The van der Waals surface area contributed by atoms with Gasteiger partial charge in [0.25, 0.3) is 5.97 Å². The van der Waals surface area contributed by atoms with Crippen LogP contribution < -0.4 is 0 Å². The largest absolute Gasteiger partial charge is 0.478 e. The third-order valence-corrected chi connectivity index (χ3v) is 3.21. The second-order valence-corrected chi connectivity index (χ2v) is 5.76. The van der Waals surface area contributed by atoms with E-state index in [1.165, 1.54) is 0 Å². The van der Waals surface area contributed by atoms with Crippen LogP contribution in [0.15, 0.2) is 38.0 Å². The third-order valence-electron chi connectivity index (χ3n) is 3.21. The number of aliphatic hydroxyl groups excluding tert-OH is 3. The van der Waals surface area contributed by atoms with Crippen molar-refractivity contribution >= 4 is 17.9 Å². The smallest absolute Gasteiger partial charge is 0.327 e. The lowest BCUT2D eigenvalue weighted by atomic mass is 9.86. The molecule has 12 nitrogen and oxygen atoms in total. The second-order valence-electron chi connectivity index (χ2n) is 5.76. The van der Waals surface area contributed by atoms with Crippen LogP contribution in [0.5, 0.6) is 0 Å². The first-order valence-corrected chi connectivity index (χ1v) is 9.69. The fourth-order valence-corrected chi connectivity index (χ4v) is 1.71. The predicted molar refractivity (Wildman–Crippen MR) is 119 cm³/mol. The van der Waals surface area contributed by atoms with Gasteiger partial charge in [0.1, 0.15) is 0 Å². The number of ether oxygens (including phenoxy) is 3. The van der Waals surface area contributed by atoms with Gasteiger partial charge in [0.15, 0.2) is 0 Å². The molecule has 0 aromatic carbocycles. The molecule has 0 aromatic heterocycles. The van der Waals surface area contributed by atoms with Gasteiger partial charge in [0, 0.05) is 49.9 Å². The van der Waals surface area contributed by atoms with Crippen molar-refractivity contribution in [3.05, 3.63) is 38.0 Å². The van der Waals surface area contributed by atoms with E-state index in [-0.39, 0.29) is 26.2 Å². The van der Waals surface area contributed by atoms with Crippen LogP contribution in [0.3, 0.4) is 0 Å². The highest BCUT2D eigenvalue weighted by Crippen LogP contribution is 2.32. The van der Waals surface area contributed by atoms with Crippen LogP contribution in [0.2, 0.25) is 0 Å². The topological polar surface area (TPSA) is 200 Å². The van der Waals surface area contributed by atoms with Crippen LogP contribution in [0.25, 0.3) is 0 Å². The standard InChI is InChI=1S/C12H26O6.3C3H4O2/c1-4-16-12(17-5-2,18-6-3)7-11(8-13,9-14)10-15;3*1-2-3(4)5/h13-15H,4-10H2,1-3H3;3*2H,1H2,(H,4,5). The lowest BCUT2D eigenvalue weighted by Crippen LogP contribution is -2.48. The summed E-state index contributed by atoms with van der Waals surface area (Å²) >= 11 is 0. The second kappa shape index (κ2) is 24.0. The van der Waals surface area contributed by atoms with Gasteiger partial charge in [-0.15, -0.1) is 0 Å². The molecule has 0 aliphatic carbocycles. The van der Waals surface area contributed by atoms with Crippen molar-refractivity contribution in [2.24, 2.45) is 5.41 Å². The summed E-state index contributed by atoms with van der Waals surface area (Å²) < 4.78 is 16.5. The molecule has 0 rings (SSSR count). The number of hydrogen-bond acceptors (Lipinski definition) is 9. The number of carboxylic acids is 3. The van der Waals surface area contributed by atoms with Crippen molar-refractivity contribution in [1.82, 2.24) is 0 Å². The Morgan fingerprint density at radius 1 is 0.667 bits per heavy atom. The van der Waals surface area contributed by atoms with Crippen molar-refractivity contribution in [3.8, 4) is 0 Å². The Balaban J connectivity index is -0.000000226. The van der Waals surface area contributed by atoms with E-state index in [9.17, 15) is 29.7 Å². The fourth-order valence-electron chi connectivity index (χ4n) is 1.71. The van der Waals surface area contributed by atoms with Crippen molar-refractivity contribution in [3.63, 3.8) is 0 Å². The lowest BCUT2D eigenvalue weighted by Gasteiger charge is -2.39. The lowest BCUT2D eigenvalue weighted by molar-refractivity contribution is -0.391. The zero-order valence-corrected chi connectivity index (χ0v) is 19.4. The Morgan fingerprint density at radius 3 is 1.00 bits per heavy atom. The molecule has 0 saturated carbocycles. The van der Waals surface area contributed by atoms with Crippen molar-refractivity contribution in [1.29, 1.82) is 0 Å². The zero-order chi connectivity index (χ0) is 26.9. The van der Waals surface area contributed by atoms with E-state index in [0.29, 0.717) is 19.8 Å². The van der Waals surface area contributed by atoms with Crippen molar-refractivity contribution in [2.45, 2.75) is 33.2 Å². The maximum absolute atomic E-state index is 9.36. The fraction of sp³-hybridized carbons (Fsp3) is 0.571. The van der Waals surface area contributed by atoms with Gasteiger partial charge in [0.2, 0.25) is 0 Å². The monoisotopic (exact) mass is 482 g/mol. The van der Waals surface area contributed by atoms with E-state index in [4.69, 9.17) is 29.5 Å². The molecule has 0 bridgehead atoms. The summed E-state index contributed by atoms with van der Waals surface area (Å²) in [5, 5.41) is 50.9. The quantitative estimate of drug-likeness (QED) is 0.151. The molecule has 6 N–H and O–H groups in total. The summed E-state index contributed by atoms with van der Waals surface area (Å²) in [7, 11) is 0. The Labute approximate surface area is 194 Å². The summed E-state index contributed by atoms with van der Waals surface area (Å²) in [5.41, 5.74) is -1.10. The van der Waals surface area contributed by atoms with Gasteiger partial charge < -0.3 is 44.8 Å². The molecule has 0 unspecified atom stereocenters. The Hall–Kier alpha value is -2.61. The molecule has 0 radical (unpaired) electrons. The molecule has 0 aromatic rings. The van der Waals surface area contributed by atoms with Crippen molar-refractivity contribution < 1.29 is 59.2 Å². The highest BCUT2D eigenvalue weighted by atomic mass is 16.9. The number of aliphatic hydroxyl groups is 3. The average Bonchev–Trinajstić information content (AvgIpc) is 2.79. The average molecular weight is 483 g/mol. The first-order valence-electron chi connectivity index (χ1n) is 9.69. The molecule has 0 saturated heterocycles. The summed E-state index contributed by atoms with van der Waals surface area (Å²) in [5.74, 6) is -4.29. The highest BCUT2D eigenvalue weighted by Gasteiger charge is 2.43. The molecule has 12 heteroatoms. The normalized spacial score (nSPS) is 10.0. The van der Waals surface area contributed by atoms with Gasteiger partial charge in [0.05, 0.1) is 19.8 Å². The summed E-state index contributed by atoms with van der Waals surface area (Å²) in [4.78, 5) is 27.8. The van der Waals surface area contributed by atoms with E-state index >= 15 is 0 Å². The van der Waals surface area contributed by atoms with Gasteiger partial charge in [-0.2, -0.15) is 0 Å². The van der Waals surface area contributed by atoms with E-state index in [2.05, 4.69) is 19.7 Å². The van der Waals surface area contributed by atoms with Crippen LogP contribution in [-0.2, 0) is 28.6 Å². The molecule has 194 valence electrons. The maximum atomic E-state index is 9.36. The van der Waals surface area contributed by atoms with E-state index < -0.39 is 29.3 Å². The SMILES string of the molecule is C=CC(=O)O.C=CC(=O)O.C=CC(=O)O.CCOC(CC(CO)(CO)CO)(OCC)OCC. The molecule has 0 fully saturated rings.